The van der Waals surface area contributed by atoms with Gasteiger partial charge in [0.15, 0.2) is 0 Å². The fraction of sp³-hybridized carbons (Fsp3) is 0.238. The van der Waals surface area contributed by atoms with Gasteiger partial charge >= 0.3 is 0 Å². The summed E-state index contributed by atoms with van der Waals surface area (Å²) < 4.78 is 28.5. The summed E-state index contributed by atoms with van der Waals surface area (Å²) in [6.07, 6.45) is 4.27. The molecule has 0 aliphatic rings. The fourth-order valence-corrected chi connectivity index (χ4v) is 4.07. The van der Waals surface area contributed by atoms with Crippen LogP contribution in [0, 0.1) is 13.8 Å². The van der Waals surface area contributed by atoms with Crippen molar-refractivity contribution < 1.29 is 13.2 Å². The first-order chi connectivity index (χ1) is 13.8. The van der Waals surface area contributed by atoms with E-state index in [4.69, 9.17) is 0 Å². The first-order valence-corrected chi connectivity index (χ1v) is 10.7. The van der Waals surface area contributed by atoms with Crippen LogP contribution in [-0.2, 0) is 16.4 Å². The van der Waals surface area contributed by atoms with Crippen LogP contribution in [0.25, 0.3) is 5.69 Å². The molecule has 0 radical (unpaired) electrons. The summed E-state index contributed by atoms with van der Waals surface area (Å²) in [6, 6.07) is 12.9. The fourth-order valence-electron chi connectivity index (χ4n) is 3.01. The SMILES string of the molecule is CNS(=O)(=O)c1cc(C(=O)NCCc2ccc(-n3cccn3)cc2)cc(C)c1C. The molecule has 8 heteroatoms. The van der Waals surface area contributed by atoms with E-state index < -0.39 is 10.0 Å². The number of benzene rings is 2. The average Bonchev–Trinajstić information content (AvgIpc) is 3.25. The van der Waals surface area contributed by atoms with E-state index in [2.05, 4.69) is 15.1 Å². The van der Waals surface area contributed by atoms with Crippen LogP contribution in [0.15, 0.2) is 59.8 Å². The number of aryl methyl sites for hydroxylation is 1. The van der Waals surface area contributed by atoms with Gasteiger partial charge in [0.1, 0.15) is 0 Å². The molecule has 0 aliphatic carbocycles. The van der Waals surface area contributed by atoms with Crippen LogP contribution in [0.4, 0.5) is 0 Å². The van der Waals surface area contributed by atoms with E-state index in [1.165, 1.54) is 13.1 Å². The largest absolute Gasteiger partial charge is 0.352 e. The molecule has 3 rings (SSSR count). The van der Waals surface area contributed by atoms with E-state index in [1.807, 2.05) is 36.5 Å². The predicted octanol–water partition coefficient (Wildman–Crippen LogP) is 2.37. The first-order valence-electron chi connectivity index (χ1n) is 9.24. The molecule has 0 fully saturated rings. The van der Waals surface area contributed by atoms with Crippen LogP contribution in [-0.4, -0.2) is 37.7 Å². The summed E-state index contributed by atoms with van der Waals surface area (Å²) in [5.74, 6) is -0.297. The lowest BCUT2D eigenvalue weighted by atomic mass is 10.1. The summed E-state index contributed by atoms with van der Waals surface area (Å²) >= 11 is 0. The summed E-state index contributed by atoms with van der Waals surface area (Å²) in [5.41, 5.74) is 3.76. The zero-order valence-electron chi connectivity index (χ0n) is 16.6. The Bertz CT molecular complexity index is 1110. The van der Waals surface area contributed by atoms with Crippen LogP contribution in [0.1, 0.15) is 27.0 Å². The Morgan fingerprint density at radius 2 is 1.86 bits per heavy atom. The van der Waals surface area contributed by atoms with Crippen molar-refractivity contribution in [1.82, 2.24) is 19.8 Å². The normalized spacial score (nSPS) is 11.4. The van der Waals surface area contributed by atoms with E-state index in [0.29, 0.717) is 24.1 Å². The molecule has 0 atom stereocenters. The van der Waals surface area contributed by atoms with Gasteiger partial charge < -0.3 is 5.32 Å². The Labute approximate surface area is 170 Å². The Morgan fingerprint density at radius 3 is 2.48 bits per heavy atom. The maximum Gasteiger partial charge on any atom is 0.251 e. The van der Waals surface area contributed by atoms with Crippen molar-refractivity contribution in [3.63, 3.8) is 0 Å². The molecular formula is C21H24N4O3S. The van der Waals surface area contributed by atoms with Crippen LogP contribution >= 0.6 is 0 Å². The maximum absolute atomic E-state index is 12.5. The molecule has 1 amide bonds. The number of hydrogen-bond acceptors (Lipinski definition) is 4. The number of carbonyl (C=O) groups is 1. The Morgan fingerprint density at radius 1 is 1.14 bits per heavy atom. The van der Waals surface area contributed by atoms with Gasteiger partial charge in [-0.15, -0.1) is 0 Å². The second kappa shape index (κ2) is 8.59. The standard InChI is InChI=1S/C21H24N4O3S/c1-15-13-18(14-20(16(15)2)29(27,28)22-3)21(26)23-11-9-17-5-7-19(8-6-17)25-12-4-10-24-25/h4-8,10,12-14,22H,9,11H2,1-3H3,(H,23,26). The lowest BCUT2D eigenvalue weighted by Crippen LogP contribution is -2.27. The molecule has 2 aromatic carbocycles. The van der Waals surface area contributed by atoms with Gasteiger partial charge in [0, 0.05) is 24.5 Å². The highest BCUT2D eigenvalue weighted by atomic mass is 32.2. The van der Waals surface area contributed by atoms with Crippen molar-refractivity contribution >= 4 is 15.9 Å². The number of aromatic nitrogens is 2. The average molecular weight is 413 g/mol. The van der Waals surface area contributed by atoms with Crippen molar-refractivity contribution in [3.8, 4) is 5.69 Å². The van der Waals surface area contributed by atoms with Crippen molar-refractivity contribution in [3.05, 3.63) is 77.1 Å². The van der Waals surface area contributed by atoms with E-state index in [0.717, 1.165) is 16.8 Å². The third-order valence-electron chi connectivity index (χ3n) is 4.84. The van der Waals surface area contributed by atoms with Gasteiger partial charge in [-0.3, -0.25) is 4.79 Å². The molecule has 0 bridgehead atoms. The highest BCUT2D eigenvalue weighted by molar-refractivity contribution is 7.89. The van der Waals surface area contributed by atoms with Crippen molar-refractivity contribution in [2.45, 2.75) is 25.2 Å². The molecule has 0 saturated carbocycles. The van der Waals surface area contributed by atoms with Gasteiger partial charge in [0.2, 0.25) is 10.0 Å². The highest BCUT2D eigenvalue weighted by Gasteiger charge is 2.19. The zero-order valence-corrected chi connectivity index (χ0v) is 17.5. The molecule has 7 nitrogen and oxygen atoms in total. The van der Waals surface area contributed by atoms with Gasteiger partial charge in [-0.1, -0.05) is 12.1 Å². The third-order valence-corrected chi connectivity index (χ3v) is 6.39. The summed E-state index contributed by atoms with van der Waals surface area (Å²) in [6.45, 7) is 3.97. The van der Waals surface area contributed by atoms with Crippen LogP contribution in [0.2, 0.25) is 0 Å². The first kappa shape index (κ1) is 20.8. The van der Waals surface area contributed by atoms with Gasteiger partial charge in [-0.05, 0) is 74.3 Å². The summed E-state index contributed by atoms with van der Waals surface area (Å²) in [4.78, 5) is 12.7. The lowest BCUT2D eigenvalue weighted by Gasteiger charge is -2.12. The second-order valence-electron chi connectivity index (χ2n) is 6.75. The summed E-state index contributed by atoms with van der Waals surface area (Å²) in [5, 5.41) is 7.05. The minimum atomic E-state index is -3.63. The van der Waals surface area contributed by atoms with Crippen LogP contribution in [0.5, 0.6) is 0 Å². The predicted molar refractivity (Wildman–Crippen MR) is 112 cm³/mol. The molecule has 0 unspecified atom stereocenters. The number of rotatable bonds is 7. The van der Waals surface area contributed by atoms with Crippen molar-refractivity contribution in [2.75, 3.05) is 13.6 Å². The second-order valence-corrected chi connectivity index (χ2v) is 8.60. The number of amides is 1. The topological polar surface area (TPSA) is 93.1 Å². The maximum atomic E-state index is 12.5. The van der Waals surface area contributed by atoms with Gasteiger partial charge in [0.05, 0.1) is 10.6 Å². The molecule has 2 N–H and O–H groups in total. The van der Waals surface area contributed by atoms with E-state index in [1.54, 1.807) is 30.8 Å². The molecule has 1 heterocycles. The summed E-state index contributed by atoms with van der Waals surface area (Å²) in [7, 11) is -2.28. The van der Waals surface area contributed by atoms with Gasteiger partial charge in [-0.25, -0.2) is 17.8 Å². The molecule has 0 spiro atoms. The molecule has 0 saturated heterocycles. The Balaban J connectivity index is 1.65. The molecule has 152 valence electrons. The van der Waals surface area contributed by atoms with E-state index >= 15 is 0 Å². The van der Waals surface area contributed by atoms with Crippen molar-refractivity contribution in [2.24, 2.45) is 0 Å². The van der Waals surface area contributed by atoms with E-state index in [-0.39, 0.29) is 10.8 Å². The van der Waals surface area contributed by atoms with Crippen LogP contribution < -0.4 is 10.0 Å². The number of hydrogen-bond donors (Lipinski definition) is 2. The molecule has 0 aliphatic heterocycles. The van der Waals surface area contributed by atoms with Gasteiger partial charge in [-0.2, -0.15) is 5.10 Å². The smallest absolute Gasteiger partial charge is 0.251 e. The van der Waals surface area contributed by atoms with Crippen LogP contribution in [0.3, 0.4) is 0 Å². The number of nitrogens with zero attached hydrogens (tertiary/aromatic N) is 2. The number of nitrogens with one attached hydrogen (secondary N) is 2. The van der Waals surface area contributed by atoms with Crippen molar-refractivity contribution in [1.29, 1.82) is 0 Å². The number of sulfonamides is 1. The quantitative estimate of drug-likeness (QED) is 0.623. The third kappa shape index (κ3) is 4.72. The lowest BCUT2D eigenvalue weighted by molar-refractivity contribution is 0.0954. The molecule has 29 heavy (non-hydrogen) atoms. The monoisotopic (exact) mass is 412 g/mol. The number of carbonyl (C=O) groups excluding carboxylic acids is 1. The molecule has 3 aromatic rings. The van der Waals surface area contributed by atoms with Gasteiger partial charge in [0.25, 0.3) is 5.91 Å². The minimum absolute atomic E-state index is 0.124. The van der Waals surface area contributed by atoms with E-state index in [9.17, 15) is 13.2 Å². The zero-order chi connectivity index (χ0) is 21.0. The highest BCUT2D eigenvalue weighted by Crippen LogP contribution is 2.21. The Hall–Kier alpha value is -2.97. The minimum Gasteiger partial charge on any atom is -0.352 e. The Kier molecular flexibility index (Phi) is 6.14. The molecular weight excluding hydrogens is 388 g/mol. The molecule has 1 aromatic heterocycles.